The third-order valence-electron chi connectivity index (χ3n) is 9.61. The molecule has 1 aliphatic rings. The van der Waals surface area contributed by atoms with Gasteiger partial charge in [0.15, 0.2) is 0 Å². The molecule has 10 rings (SSSR count). The van der Waals surface area contributed by atoms with Gasteiger partial charge in [0.25, 0.3) is 0 Å². The minimum absolute atomic E-state index is 0.921. The van der Waals surface area contributed by atoms with Crippen LogP contribution >= 0.6 is 0 Å². The second-order valence-electron chi connectivity index (χ2n) is 12.0. The maximum absolute atomic E-state index is 6.31. The SMILES string of the molecule is c1ccc(-c2c3c(c(-c4ccccc4)c4ccccc24)-c2ccc(-c4ccc5c(c4)oc4ccccc45)c4cccc-3c24)cc1. The van der Waals surface area contributed by atoms with Crippen molar-refractivity contribution in [2.24, 2.45) is 0 Å². The zero-order chi connectivity index (χ0) is 29.5. The van der Waals surface area contributed by atoms with E-state index >= 15 is 0 Å². The molecule has 8 aromatic carbocycles. The van der Waals surface area contributed by atoms with Gasteiger partial charge in [-0.25, -0.2) is 0 Å². The first-order valence-corrected chi connectivity index (χ1v) is 15.5. The number of hydrogen-bond acceptors (Lipinski definition) is 1. The summed E-state index contributed by atoms with van der Waals surface area (Å²) in [5.41, 5.74) is 14.6. The predicted molar refractivity (Wildman–Crippen MR) is 189 cm³/mol. The molecule has 1 nitrogen and oxygen atoms in total. The summed E-state index contributed by atoms with van der Waals surface area (Å²) < 4.78 is 6.31. The average molecular weight is 571 g/mol. The molecule has 0 amide bonds. The molecule has 0 bridgehead atoms. The van der Waals surface area contributed by atoms with Gasteiger partial charge < -0.3 is 4.42 Å². The number of rotatable bonds is 3. The fourth-order valence-corrected chi connectivity index (χ4v) is 7.75. The fourth-order valence-electron chi connectivity index (χ4n) is 7.75. The maximum atomic E-state index is 6.31. The molecule has 0 spiro atoms. The number of para-hydroxylation sites is 1. The Kier molecular flexibility index (Phi) is 5.06. The molecule has 1 aliphatic carbocycles. The monoisotopic (exact) mass is 570 g/mol. The summed E-state index contributed by atoms with van der Waals surface area (Å²) in [6.07, 6.45) is 0. The highest BCUT2D eigenvalue weighted by molar-refractivity contribution is 6.28. The van der Waals surface area contributed by atoms with E-state index < -0.39 is 0 Å². The van der Waals surface area contributed by atoms with Crippen LogP contribution in [0.1, 0.15) is 0 Å². The molecule has 1 aromatic heterocycles. The lowest BCUT2D eigenvalue weighted by molar-refractivity contribution is 0.669. The van der Waals surface area contributed by atoms with Gasteiger partial charge in [0, 0.05) is 10.8 Å². The molecule has 1 heterocycles. The molecule has 0 unspecified atom stereocenters. The third-order valence-corrected chi connectivity index (χ3v) is 9.61. The van der Waals surface area contributed by atoms with Crippen LogP contribution in [0.25, 0.3) is 99.1 Å². The average Bonchev–Trinajstić information content (AvgIpc) is 3.64. The molecule has 0 radical (unpaired) electrons. The van der Waals surface area contributed by atoms with E-state index in [1.54, 1.807) is 0 Å². The van der Waals surface area contributed by atoms with Crippen LogP contribution in [0, 0.1) is 0 Å². The Morgan fingerprint density at radius 1 is 0.289 bits per heavy atom. The van der Waals surface area contributed by atoms with E-state index in [4.69, 9.17) is 4.42 Å². The molecular formula is C44H26O. The van der Waals surface area contributed by atoms with Crippen molar-refractivity contribution in [1.82, 2.24) is 0 Å². The Bertz CT molecular complexity index is 2530. The minimum atomic E-state index is 0.921. The highest BCUT2D eigenvalue weighted by Gasteiger charge is 2.31. The molecule has 45 heavy (non-hydrogen) atoms. The van der Waals surface area contributed by atoms with Crippen molar-refractivity contribution in [3.05, 3.63) is 158 Å². The summed E-state index contributed by atoms with van der Waals surface area (Å²) in [5.74, 6) is 0. The number of furan rings is 1. The van der Waals surface area contributed by atoms with E-state index in [1.807, 2.05) is 12.1 Å². The first-order valence-electron chi connectivity index (χ1n) is 15.5. The van der Waals surface area contributed by atoms with Gasteiger partial charge in [-0.05, 0) is 95.4 Å². The fraction of sp³-hybridized carbons (Fsp3) is 0. The molecule has 0 fully saturated rings. The molecule has 0 atom stereocenters. The Hall–Kier alpha value is -5.92. The highest BCUT2D eigenvalue weighted by atomic mass is 16.3. The van der Waals surface area contributed by atoms with Crippen LogP contribution in [0.3, 0.4) is 0 Å². The van der Waals surface area contributed by atoms with Crippen molar-refractivity contribution in [2.45, 2.75) is 0 Å². The Morgan fingerprint density at radius 2 is 0.822 bits per heavy atom. The lowest BCUT2D eigenvalue weighted by Gasteiger charge is -2.20. The van der Waals surface area contributed by atoms with Gasteiger partial charge in [-0.1, -0.05) is 140 Å². The van der Waals surface area contributed by atoms with Gasteiger partial charge in [-0.15, -0.1) is 0 Å². The van der Waals surface area contributed by atoms with Crippen LogP contribution in [0.2, 0.25) is 0 Å². The Balaban J connectivity index is 1.32. The maximum Gasteiger partial charge on any atom is 0.136 e. The van der Waals surface area contributed by atoms with Crippen LogP contribution in [0.5, 0.6) is 0 Å². The summed E-state index contributed by atoms with van der Waals surface area (Å²) in [5, 5.41) is 7.45. The molecule has 0 N–H and O–H groups in total. The van der Waals surface area contributed by atoms with Gasteiger partial charge in [-0.3, -0.25) is 0 Å². The molecule has 0 aliphatic heterocycles. The molecule has 0 saturated heterocycles. The lowest BCUT2D eigenvalue weighted by atomic mass is 9.82. The molecule has 0 saturated carbocycles. The van der Waals surface area contributed by atoms with Crippen molar-refractivity contribution >= 4 is 43.5 Å². The van der Waals surface area contributed by atoms with Crippen molar-refractivity contribution in [3.63, 3.8) is 0 Å². The Morgan fingerprint density at radius 3 is 1.51 bits per heavy atom. The van der Waals surface area contributed by atoms with Crippen molar-refractivity contribution < 1.29 is 4.42 Å². The molecular weight excluding hydrogens is 544 g/mol. The smallest absolute Gasteiger partial charge is 0.136 e. The second kappa shape index (κ2) is 9.29. The largest absolute Gasteiger partial charge is 0.456 e. The van der Waals surface area contributed by atoms with Crippen molar-refractivity contribution in [3.8, 4) is 55.6 Å². The number of benzene rings is 8. The zero-order valence-corrected chi connectivity index (χ0v) is 24.4. The third kappa shape index (κ3) is 3.44. The first-order chi connectivity index (χ1) is 22.3. The van der Waals surface area contributed by atoms with Crippen LogP contribution in [0.4, 0.5) is 0 Å². The summed E-state index contributed by atoms with van der Waals surface area (Å²) in [7, 11) is 0. The first kappa shape index (κ1) is 24.5. The van der Waals surface area contributed by atoms with Gasteiger partial charge in [0.1, 0.15) is 11.2 Å². The van der Waals surface area contributed by atoms with E-state index in [0.29, 0.717) is 0 Å². The summed E-state index contributed by atoms with van der Waals surface area (Å²) in [6, 6.07) is 57.2. The topological polar surface area (TPSA) is 13.1 Å². The second-order valence-corrected chi connectivity index (χ2v) is 12.0. The zero-order valence-electron chi connectivity index (χ0n) is 24.4. The van der Waals surface area contributed by atoms with Crippen molar-refractivity contribution in [1.29, 1.82) is 0 Å². The van der Waals surface area contributed by atoms with E-state index in [-0.39, 0.29) is 0 Å². The minimum Gasteiger partial charge on any atom is -0.456 e. The van der Waals surface area contributed by atoms with Gasteiger partial charge in [0.2, 0.25) is 0 Å². The number of hydrogen-bond donors (Lipinski definition) is 0. The van der Waals surface area contributed by atoms with Crippen LogP contribution < -0.4 is 0 Å². The summed E-state index contributed by atoms with van der Waals surface area (Å²) in [6.45, 7) is 0. The highest BCUT2D eigenvalue weighted by Crippen LogP contribution is 2.58. The van der Waals surface area contributed by atoms with E-state index in [2.05, 4.69) is 146 Å². The van der Waals surface area contributed by atoms with E-state index in [0.717, 1.165) is 27.5 Å². The summed E-state index contributed by atoms with van der Waals surface area (Å²) in [4.78, 5) is 0. The van der Waals surface area contributed by atoms with Crippen LogP contribution in [-0.4, -0.2) is 0 Å². The van der Waals surface area contributed by atoms with Crippen molar-refractivity contribution in [2.75, 3.05) is 0 Å². The predicted octanol–water partition coefficient (Wildman–Crippen LogP) is 12.5. The normalized spacial score (nSPS) is 12.0. The molecule has 9 aromatic rings. The van der Waals surface area contributed by atoms with Gasteiger partial charge >= 0.3 is 0 Å². The van der Waals surface area contributed by atoms with Gasteiger partial charge in [-0.2, -0.15) is 0 Å². The summed E-state index contributed by atoms with van der Waals surface area (Å²) >= 11 is 0. The van der Waals surface area contributed by atoms with E-state index in [9.17, 15) is 0 Å². The number of fused-ring (bicyclic) bond motifs is 7. The molecule has 208 valence electrons. The van der Waals surface area contributed by atoms with Crippen LogP contribution in [0.15, 0.2) is 162 Å². The van der Waals surface area contributed by atoms with Crippen LogP contribution in [-0.2, 0) is 0 Å². The standard InChI is InChI=1S/C44H26O/c1-3-12-27(13-4-1)40-34-17-7-8-18-35(34)41(28-14-5-2-6-15-28)44-37-25-24-30(33-19-11-20-36(42(33)37)43(40)44)29-22-23-32-31-16-9-10-21-38(31)45-39(32)26-29/h1-26H. The Labute approximate surface area is 260 Å². The molecule has 1 heteroatoms. The quantitative estimate of drug-likeness (QED) is 0.206. The van der Waals surface area contributed by atoms with E-state index in [1.165, 1.54) is 71.6 Å². The van der Waals surface area contributed by atoms with Gasteiger partial charge in [0.05, 0.1) is 0 Å². The lowest BCUT2D eigenvalue weighted by Crippen LogP contribution is -1.93.